The number of hydrogen-bond acceptors (Lipinski definition) is 4. The molecule has 1 aliphatic carbocycles. The van der Waals surface area contributed by atoms with E-state index in [1.807, 2.05) is 12.1 Å². The molecule has 1 aromatic rings. The summed E-state index contributed by atoms with van der Waals surface area (Å²) in [4.78, 5) is 2.38. The van der Waals surface area contributed by atoms with E-state index >= 15 is 0 Å². The Labute approximate surface area is 138 Å². The summed E-state index contributed by atoms with van der Waals surface area (Å²) in [6, 6.07) is 6.44. The Hall–Kier alpha value is -1.52. The van der Waals surface area contributed by atoms with E-state index in [1.54, 1.807) is 14.2 Å². The second kappa shape index (κ2) is 5.53. The van der Waals surface area contributed by atoms with Crippen molar-refractivity contribution in [2.75, 3.05) is 27.8 Å². The zero-order valence-electron chi connectivity index (χ0n) is 14.7. The highest BCUT2D eigenvalue weighted by Crippen LogP contribution is 2.53. The van der Waals surface area contributed by atoms with Crippen LogP contribution in [0.2, 0.25) is 0 Å². The number of benzene rings is 1. The van der Waals surface area contributed by atoms with Crippen molar-refractivity contribution in [3.05, 3.63) is 35.9 Å². The molecule has 1 N–H and O–H groups in total. The molecule has 1 saturated heterocycles. The summed E-state index contributed by atoms with van der Waals surface area (Å²) in [6.07, 6.45) is 4.78. The fraction of sp³-hybridized carbons (Fsp3) is 0.579. The molecule has 1 aliphatic heterocycles. The molecular weight excluding hydrogens is 290 g/mol. The van der Waals surface area contributed by atoms with E-state index in [0.29, 0.717) is 0 Å². The van der Waals surface area contributed by atoms with Crippen LogP contribution >= 0.6 is 0 Å². The van der Waals surface area contributed by atoms with Crippen LogP contribution in [0.15, 0.2) is 30.4 Å². The van der Waals surface area contributed by atoms with Gasteiger partial charge in [-0.25, -0.2) is 0 Å². The molecule has 0 unspecified atom stereocenters. The van der Waals surface area contributed by atoms with Crippen LogP contribution < -0.4 is 9.47 Å². The molecule has 0 spiro atoms. The molecule has 4 nitrogen and oxygen atoms in total. The van der Waals surface area contributed by atoms with Crippen LogP contribution in [0.3, 0.4) is 0 Å². The Morgan fingerprint density at radius 1 is 1.17 bits per heavy atom. The molecule has 4 heteroatoms. The van der Waals surface area contributed by atoms with Crippen molar-refractivity contribution < 1.29 is 14.6 Å². The lowest BCUT2D eigenvalue weighted by molar-refractivity contribution is 0.000675. The minimum absolute atomic E-state index is 0.100. The number of nitrogens with zero attached hydrogens (tertiary/aromatic N) is 1. The van der Waals surface area contributed by atoms with Gasteiger partial charge in [-0.3, -0.25) is 0 Å². The van der Waals surface area contributed by atoms with Gasteiger partial charge < -0.3 is 19.5 Å². The minimum atomic E-state index is -0.429. The van der Waals surface area contributed by atoms with Crippen molar-refractivity contribution in [2.45, 2.75) is 37.8 Å². The highest BCUT2D eigenvalue weighted by atomic mass is 16.5. The third-order valence-corrected chi connectivity index (χ3v) is 5.77. The Kier molecular flexibility index (Phi) is 3.93. The number of hydrogen-bond donors (Lipinski definition) is 1. The first kappa shape index (κ1) is 16.3. The van der Waals surface area contributed by atoms with Crippen LogP contribution in [-0.2, 0) is 5.41 Å². The molecule has 0 radical (unpaired) electrons. The van der Waals surface area contributed by atoms with Crippen LogP contribution in [-0.4, -0.2) is 50.0 Å². The lowest BCUT2D eigenvalue weighted by atomic mass is 9.59. The van der Waals surface area contributed by atoms with E-state index in [0.717, 1.165) is 24.5 Å². The third-order valence-electron chi connectivity index (χ3n) is 5.77. The SMILES string of the molecule is COc1ccc([C@@]23C=C[C@@H](O)C(C)(C)[C@@H]2N(C)CC3)cc1OC. The van der Waals surface area contributed by atoms with Crippen molar-refractivity contribution in [1.82, 2.24) is 4.90 Å². The van der Waals surface area contributed by atoms with E-state index in [1.165, 1.54) is 5.56 Å². The lowest BCUT2D eigenvalue weighted by Crippen LogP contribution is -2.56. The van der Waals surface area contributed by atoms with Crippen LogP contribution in [0.25, 0.3) is 0 Å². The monoisotopic (exact) mass is 317 g/mol. The molecule has 3 atom stereocenters. The first-order chi connectivity index (χ1) is 10.9. The van der Waals surface area contributed by atoms with E-state index < -0.39 is 6.10 Å². The van der Waals surface area contributed by atoms with Crippen LogP contribution in [0, 0.1) is 5.41 Å². The van der Waals surface area contributed by atoms with Crippen LogP contribution in [0.1, 0.15) is 25.8 Å². The average Bonchev–Trinajstić information content (AvgIpc) is 2.90. The molecule has 3 rings (SSSR count). The van der Waals surface area contributed by atoms with E-state index in [9.17, 15) is 5.11 Å². The molecule has 0 aromatic heterocycles. The number of ether oxygens (including phenoxy) is 2. The molecule has 0 amide bonds. The van der Waals surface area contributed by atoms with E-state index in [-0.39, 0.29) is 16.9 Å². The van der Waals surface area contributed by atoms with E-state index in [4.69, 9.17) is 9.47 Å². The van der Waals surface area contributed by atoms with E-state index in [2.05, 4.69) is 44.0 Å². The van der Waals surface area contributed by atoms with Gasteiger partial charge in [0.1, 0.15) is 0 Å². The third kappa shape index (κ3) is 2.27. The highest BCUT2D eigenvalue weighted by Gasteiger charge is 2.56. The van der Waals surface area contributed by atoms with Crippen molar-refractivity contribution in [2.24, 2.45) is 5.41 Å². The number of rotatable bonds is 3. The van der Waals surface area contributed by atoms with Gasteiger partial charge in [0.2, 0.25) is 0 Å². The number of likely N-dealkylation sites (tertiary alicyclic amines) is 1. The molecule has 1 heterocycles. The zero-order chi connectivity index (χ0) is 16.8. The number of aliphatic hydroxyl groups excluding tert-OH is 1. The normalized spacial score (nSPS) is 32.6. The topological polar surface area (TPSA) is 41.9 Å². The standard InChI is InChI=1S/C19H27NO3/c1-18(2)16(21)8-9-19(10-11-20(3)17(18)19)13-6-7-14(22-4)15(12-13)23-5/h6-9,12,16-17,21H,10-11H2,1-5H3/t16-,17+,19+/m1/s1. The van der Waals surface area contributed by atoms with Crippen LogP contribution in [0.4, 0.5) is 0 Å². The maximum absolute atomic E-state index is 10.5. The van der Waals surface area contributed by atoms with Gasteiger partial charge in [0.25, 0.3) is 0 Å². The first-order valence-electron chi connectivity index (χ1n) is 8.17. The van der Waals surface area contributed by atoms with Gasteiger partial charge in [0.05, 0.1) is 20.3 Å². The Morgan fingerprint density at radius 2 is 1.87 bits per heavy atom. The summed E-state index contributed by atoms with van der Waals surface area (Å²) >= 11 is 0. The maximum atomic E-state index is 10.5. The first-order valence-corrected chi connectivity index (χ1v) is 8.17. The fourth-order valence-corrected chi connectivity index (χ4v) is 4.62. The van der Waals surface area contributed by atoms with Gasteiger partial charge >= 0.3 is 0 Å². The molecule has 1 fully saturated rings. The molecule has 2 aliphatic rings. The highest BCUT2D eigenvalue weighted by molar-refractivity contribution is 5.49. The Bertz CT molecular complexity index is 625. The van der Waals surface area contributed by atoms with Crippen molar-refractivity contribution in [3.8, 4) is 11.5 Å². The molecule has 1 aromatic carbocycles. The summed E-state index contributed by atoms with van der Waals surface area (Å²) in [5.41, 5.74) is 0.908. The van der Waals surface area contributed by atoms with Gasteiger partial charge in [-0.2, -0.15) is 0 Å². The predicted molar refractivity (Wildman–Crippen MR) is 91.2 cm³/mol. The van der Waals surface area contributed by atoms with Crippen molar-refractivity contribution in [3.63, 3.8) is 0 Å². The quantitative estimate of drug-likeness (QED) is 0.870. The molecule has 0 saturated carbocycles. The van der Waals surface area contributed by atoms with Crippen molar-refractivity contribution >= 4 is 0 Å². The smallest absolute Gasteiger partial charge is 0.161 e. The second-order valence-electron chi connectivity index (χ2n) is 7.37. The summed E-state index contributed by atoms with van der Waals surface area (Å²) < 4.78 is 10.9. The molecule has 0 bridgehead atoms. The fourth-order valence-electron chi connectivity index (χ4n) is 4.62. The van der Waals surface area contributed by atoms with Crippen LogP contribution in [0.5, 0.6) is 11.5 Å². The van der Waals surface area contributed by atoms with Gasteiger partial charge in [0.15, 0.2) is 11.5 Å². The second-order valence-corrected chi connectivity index (χ2v) is 7.37. The largest absolute Gasteiger partial charge is 0.493 e. The Morgan fingerprint density at radius 3 is 2.52 bits per heavy atom. The lowest BCUT2D eigenvalue weighted by Gasteiger charge is -2.50. The summed E-state index contributed by atoms with van der Waals surface area (Å²) in [7, 11) is 5.48. The average molecular weight is 317 g/mol. The summed E-state index contributed by atoms with van der Waals surface area (Å²) in [5.74, 6) is 1.50. The van der Waals surface area contributed by atoms with Gasteiger partial charge in [-0.05, 0) is 37.7 Å². The molecule has 23 heavy (non-hydrogen) atoms. The number of methoxy groups -OCH3 is 2. The van der Waals surface area contributed by atoms with Gasteiger partial charge in [-0.1, -0.05) is 32.1 Å². The number of aliphatic hydroxyl groups is 1. The minimum Gasteiger partial charge on any atom is -0.493 e. The van der Waals surface area contributed by atoms with Gasteiger partial charge in [-0.15, -0.1) is 0 Å². The number of fused-ring (bicyclic) bond motifs is 1. The predicted octanol–water partition coefficient (Wildman–Crippen LogP) is 2.60. The summed E-state index contributed by atoms with van der Waals surface area (Å²) in [5, 5.41) is 10.5. The van der Waals surface area contributed by atoms with Gasteiger partial charge in [0, 0.05) is 16.9 Å². The summed E-state index contributed by atoms with van der Waals surface area (Å²) in [6.45, 7) is 5.33. The zero-order valence-corrected chi connectivity index (χ0v) is 14.7. The van der Waals surface area contributed by atoms with Crippen molar-refractivity contribution in [1.29, 1.82) is 0 Å². The Balaban J connectivity index is 2.15. The number of likely N-dealkylation sites (N-methyl/N-ethyl adjacent to an activating group) is 1. The maximum Gasteiger partial charge on any atom is 0.161 e. The molecule has 126 valence electrons. The molecular formula is C19H27NO3.